The summed E-state index contributed by atoms with van der Waals surface area (Å²) in [6, 6.07) is 7.40. The Morgan fingerprint density at radius 1 is 1.25 bits per heavy atom. The molecular formula is C12H18FN3. The number of nitrogens with two attached hydrogens (primary N) is 1. The molecule has 16 heavy (non-hydrogen) atoms. The molecule has 0 amide bonds. The van der Waals surface area contributed by atoms with Gasteiger partial charge < -0.3 is 5.73 Å². The van der Waals surface area contributed by atoms with Gasteiger partial charge in [0, 0.05) is 18.0 Å². The molecule has 1 aliphatic rings. The Bertz CT molecular complexity index is 337. The van der Waals surface area contributed by atoms with Crippen LogP contribution in [0, 0.1) is 5.82 Å². The fraction of sp³-hybridized carbons (Fsp3) is 0.500. The predicted octanol–water partition coefficient (Wildman–Crippen LogP) is 1.12. The van der Waals surface area contributed by atoms with Crippen molar-refractivity contribution < 1.29 is 4.39 Å². The molecule has 0 bridgehead atoms. The minimum atomic E-state index is -0.189. The van der Waals surface area contributed by atoms with E-state index in [9.17, 15) is 4.39 Å². The summed E-state index contributed by atoms with van der Waals surface area (Å²) in [5, 5.41) is 0. The van der Waals surface area contributed by atoms with Crippen LogP contribution in [0.1, 0.15) is 24.8 Å². The number of nitrogens with one attached hydrogen (secondary N) is 2. The zero-order valence-electron chi connectivity index (χ0n) is 9.41. The molecule has 3 nitrogen and oxygen atoms in total. The molecule has 1 aromatic carbocycles. The molecule has 1 heterocycles. The van der Waals surface area contributed by atoms with E-state index in [1.165, 1.54) is 12.1 Å². The molecule has 1 aliphatic heterocycles. The topological polar surface area (TPSA) is 50.1 Å². The van der Waals surface area contributed by atoms with Crippen molar-refractivity contribution in [2.75, 3.05) is 6.54 Å². The van der Waals surface area contributed by atoms with Gasteiger partial charge >= 0.3 is 0 Å². The second kappa shape index (κ2) is 4.91. The lowest BCUT2D eigenvalue weighted by Gasteiger charge is -2.20. The van der Waals surface area contributed by atoms with Crippen LogP contribution in [0.4, 0.5) is 4.39 Å². The summed E-state index contributed by atoms with van der Waals surface area (Å²) in [7, 11) is 0. The van der Waals surface area contributed by atoms with E-state index >= 15 is 0 Å². The molecule has 1 aromatic rings. The van der Waals surface area contributed by atoms with Crippen molar-refractivity contribution in [2.45, 2.75) is 31.3 Å². The molecular weight excluding hydrogens is 205 g/mol. The first-order chi connectivity index (χ1) is 7.72. The number of hydrogen-bond acceptors (Lipinski definition) is 3. The molecule has 0 radical (unpaired) electrons. The Morgan fingerprint density at radius 2 is 1.94 bits per heavy atom. The van der Waals surface area contributed by atoms with Gasteiger partial charge in [-0.1, -0.05) is 12.1 Å². The van der Waals surface area contributed by atoms with Gasteiger partial charge in [-0.25, -0.2) is 4.39 Å². The third-order valence-corrected chi connectivity index (χ3v) is 3.20. The highest BCUT2D eigenvalue weighted by atomic mass is 19.1. The van der Waals surface area contributed by atoms with Crippen molar-refractivity contribution in [1.29, 1.82) is 0 Å². The zero-order valence-corrected chi connectivity index (χ0v) is 9.41. The molecule has 0 aliphatic carbocycles. The molecule has 2 rings (SSSR count). The SMILES string of the molecule is CC1NNC(CCN)C1c1ccc(F)cc1. The summed E-state index contributed by atoms with van der Waals surface area (Å²) in [5.41, 5.74) is 13.2. The van der Waals surface area contributed by atoms with Gasteiger partial charge in [-0.3, -0.25) is 10.9 Å². The van der Waals surface area contributed by atoms with Gasteiger partial charge in [-0.05, 0) is 37.6 Å². The van der Waals surface area contributed by atoms with Crippen LogP contribution in [0.25, 0.3) is 0 Å². The summed E-state index contributed by atoms with van der Waals surface area (Å²) in [5.74, 6) is 0.162. The van der Waals surface area contributed by atoms with E-state index in [1.54, 1.807) is 0 Å². The Kier molecular flexibility index (Phi) is 3.53. The van der Waals surface area contributed by atoms with Crippen molar-refractivity contribution in [3.8, 4) is 0 Å². The number of benzene rings is 1. The van der Waals surface area contributed by atoms with Crippen molar-refractivity contribution in [2.24, 2.45) is 5.73 Å². The van der Waals surface area contributed by atoms with Gasteiger partial charge in [-0.15, -0.1) is 0 Å². The van der Waals surface area contributed by atoms with E-state index in [2.05, 4.69) is 17.8 Å². The van der Waals surface area contributed by atoms with Gasteiger partial charge in [0.15, 0.2) is 0 Å². The fourth-order valence-electron chi connectivity index (χ4n) is 2.40. The van der Waals surface area contributed by atoms with Gasteiger partial charge in [0.05, 0.1) is 0 Å². The van der Waals surface area contributed by atoms with E-state index in [0.717, 1.165) is 12.0 Å². The minimum absolute atomic E-state index is 0.189. The second-order valence-corrected chi connectivity index (χ2v) is 4.34. The Balaban J connectivity index is 2.19. The van der Waals surface area contributed by atoms with E-state index in [-0.39, 0.29) is 5.82 Å². The van der Waals surface area contributed by atoms with Crippen LogP contribution in [0.15, 0.2) is 24.3 Å². The molecule has 3 atom stereocenters. The Labute approximate surface area is 95.2 Å². The zero-order chi connectivity index (χ0) is 11.5. The molecule has 4 N–H and O–H groups in total. The maximum absolute atomic E-state index is 12.9. The number of hydrazine groups is 1. The van der Waals surface area contributed by atoms with Crippen LogP contribution in [0.3, 0.4) is 0 Å². The average Bonchev–Trinajstić information content (AvgIpc) is 2.62. The van der Waals surface area contributed by atoms with Crippen LogP contribution in [0.5, 0.6) is 0 Å². The van der Waals surface area contributed by atoms with E-state index in [1.807, 2.05) is 12.1 Å². The summed E-state index contributed by atoms with van der Waals surface area (Å²) in [4.78, 5) is 0. The molecule has 0 saturated carbocycles. The molecule has 0 aromatic heterocycles. The predicted molar refractivity (Wildman–Crippen MR) is 62.3 cm³/mol. The minimum Gasteiger partial charge on any atom is -0.330 e. The first-order valence-corrected chi connectivity index (χ1v) is 5.69. The van der Waals surface area contributed by atoms with Crippen LogP contribution >= 0.6 is 0 Å². The van der Waals surface area contributed by atoms with Gasteiger partial charge in [0.1, 0.15) is 5.82 Å². The number of rotatable bonds is 3. The van der Waals surface area contributed by atoms with Crippen molar-refractivity contribution in [1.82, 2.24) is 10.9 Å². The second-order valence-electron chi connectivity index (χ2n) is 4.34. The number of halogens is 1. The van der Waals surface area contributed by atoms with Crippen LogP contribution < -0.4 is 16.6 Å². The summed E-state index contributed by atoms with van der Waals surface area (Å²) >= 11 is 0. The van der Waals surface area contributed by atoms with Crippen molar-refractivity contribution in [3.05, 3.63) is 35.6 Å². The monoisotopic (exact) mass is 223 g/mol. The third-order valence-electron chi connectivity index (χ3n) is 3.20. The maximum atomic E-state index is 12.9. The Morgan fingerprint density at radius 3 is 2.56 bits per heavy atom. The Hall–Kier alpha value is -0.970. The van der Waals surface area contributed by atoms with Crippen LogP contribution in [0.2, 0.25) is 0 Å². The summed E-state index contributed by atoms with van der Waals surface area (Å²) < 4.78 is 12.9. The van der Waals surface area contributed by atoms with E-state index in [4.69, 9.17) is 5.73 Å². The van der Waals surface area contributed by atoms with E-state index < -0.39 is 0 Å². The highest BCUT2D eigenvalue weighted by Gasteiger charge is 2.33. The first-order valence-electron chi connectivity index (χ1n) is 5.69. The highest BCUT2D eigenvalue weighted by Crippen LogP contribution is 2.28. The molecule has 88 valence electrons. The first kappa shape index (κ1) is 11.5. The quantitative estimate of drug-likeness (QED) is 0.720. The largest absolute Gasteiger partial charge is 0.330 e. The third kappa shape index (κ3) is 2.24. The van der Waals surface area contributed by atoms with Crippen LogP contribution in [-0.2, 0) is 0 Å². The van der Waals surface area contributed by atoms with Crippen molar-refractivity contribution in [3.63, 3.8) is 0 Å². The smallest absolute Gasteiger partial charge is 0.123 e. The molecule has 1 saturated heterocycles. The van der Waals surface area contributed by atoms with Gasteiger partial charge in [-0.2, -0.15) is 0 Å². The lowest BCUT2D eigenvalue weighted by Crippen LogP contribution is -2.33. The maximum Gasteiger partial charge on any atom is 0.123 e. The molecule has 0 spiro atoms. The lowest BCUT2D eigenvalue weighted by atomic mass is 9.86. The summed E-state index contributed by atoms with van der Waals surface area (Å²) in [6.07, 6.45) is 0.916. The molecule has 3 unspecified atom stereocenters. The van der Waals surface area contributed by atoms with Gasteiger partial charge in [0.25, 0.3) is 0 Å². The normalized spacial score (nSPS) is 29.6. The van der Waals surface area contributed by atoms with E-state index in [0.29, 0.717) is 24.5 Å². The average molecular weight is 223 g/mol. The van der Waals surface area contributed by atoms with Gasteiger partial charge in [0.2, 0.25) is 0 Å². The lowest BCUT2D eigenvalue weighted by molar-refractivity contribution is 0.497. The van der Waals surface area contributed by atoms with Crippen LogP contribution in [-0.4, -0.2) is 18.6 Å². The fourth-order valence-corrected chi connectivity index (χ4v) is 2.40. The summed E-state index contributed by atoms with van der Waals surface area (Å²) in [6.45, 7) is 2.78. The standard InChI is InChI=1S/C12H18FN3/c1-8-12(11(6-7-14)16-15-8)9-2-4-10(13)5-3-9/h2-5,8,11-12,15-16H,6-7,14H2,1H3. The highest BCUT2D eigenvalue weighted by molar-refractivity contribution is 5.25. The molecule has 4 heteroatoms. The number of hydrogen-bond donors (Lipinski definition) is 3. The van der Waals surface area contributed by atoms with Crippen molar-refractivity contribution >= 4 is 0 Å². The molecule has 1 fully saturated rings.